The first-order valence-electron chi connectivity index (χ1n) is 7.20. The number of carbonyl (C=O) groups excluding carboxylic acids is 1. The van der Waals surface area contributed by atoms with E-state index in [0.29, 0.717) is 19.5 Å². The molecule has 0 saturated carbocycles. The van der Waals surface area contributed by atoms with Crippen molar-refractivity contribution in [3.05, 3.63) is 0 Å². The highest BCUT2D eigenvalue weighted by Gasteiger charge is 2.39. The van der Waals surface area contributed by atoms with E-state index in [-0.39, 0.29) is 19.0 Å². The fourth-order valence-electron chi connectivity index (χ4n) is 2.69. The first-order chi connectivity index (χ1) is 9.40. The number of alkyl halides is 3. The molecule has 4 nitrogen and oxygen atoms in total. The summed E-state index contributed by atoms with van der Waals surface area (Å²) in [6, 6.07) is -0.244. The van der Waals surface area contributed by atoms with Gasteiger partial charge in [-0.15, -0.1) is 0 Å². The Hall–Kier alpha value is -0.980. The average molecular weight is 310 g/mol. The van der Waals surface area contributed by atoms with Gasteiger partial charge in [0.25, 0.3) is 0 Å². The van der Waals surface area contributed by atoms with Gasteiger partial charge in [0.1, 0.15) is 0 Å². The van der Waals surface area contributed by atoms with Crippen LogP contribution in [0.2, 0.25) is 0 Å². The number of amides is 2. The number of carbonyl (C=O) groups is 1. The molecular weight excluding hydrogens is 285 g/mol. The Morgan fingerprint density at radius 3 is 2.14 bits per heavy atom. The van der Waals surface area contributed by atoms with E-state index in [4.69, 9.17) is 4.74 Å². The molecule has 0 unspecified atom stereocenters. The van der Waals surface area contributed by atoms with Crippen molar-refractivity contribution in [1.29, 1.82) is 0 Å². The molecule has 0 bridgehead atoms. The van der Waals surface area contributed by atoms with Crippen LogP contribution in [-0.4, -0.2) is 47.9 Å². The van der Waals surface area contributed by atoms with E-state index in [0.717, 1.165) is 0 Å². The molecule has 0 radical (unpaired) electrons. The lowest BCUT2D eigenvalue weighted by molar-refractivity contribution is -0.170. The SMILES string of the molecule is CC1(C)CN(C(=O)NCCCCC(F)(F)F)CC(C)(C)O1. The van der Waals surface area contributed by atoms with Gasteiger partial charge in [0.2, 0.25) is 0 Å². The van der Waals surface area contributed by atoms with Gasteiger partial charge in [0.05, 0.1) is 24.3 Å². The number of urea groups is 1. The maximum atomic E-state index is 12.1. The largest absolute Gasteiger partial charge is 0.389 e. The molecule has 124 valence electrons. The lowest BCUT2D eigenvalue weighted by Crippen LogP contribution is -2.60. The number of nitrogens with one attached hydrogen (secondary N) is 1. The smallest absolute Gasteiger partial charge is 0.366 e. The minimum absolute atomic E-state index is 0.0316. The summed E-state index contributed by atoms with van der Waals surface area (Å²) >= 11 is 0. The van der Waals surface area contributed by atoms with Crippen molar-refractivity contribution in [2.45, 2.75) is 64.3 Å². The van der Waals surface area contributed by atoms with Crippen LogP contribution in [0.25, 0.3) is 0 Å². The van der Waals surface area contributed by atoms with Crippen LogP contribution >= 0.6 is 0 Å². The summed E-state index contributed by atoms with van der Waals surface area (Å²) < 4.78 is 41.9. The summed E-state index contributed by atoms with van der Waals surface area (Å²) in [6.07, 6.45) is -4.57. The highest BCUT2D eigenvalue weighted by molar-refractivity contribution is 5.74. The van der Waals surface area contributed by atoms with Crippen molar-refractivity contribution in [3.8, 4) is 0 Å². The van der Waals surface area contributed by atoms with Crippen molar-refractivity contribution in [1.82, 2.24) is 10.2 Å². The second-order valence-electron chi connectivity index (χ2n) is 6.78. The van der Waals surface area contributed by atoms with Crippen LogP contribution in [0.1, 0.15) is 47.0 Å². The van der Waals surface area contributed by atoms with Crippen LogP contribution in [0, 0.1) is 0 Å². The second-order valence-corrected chi connectivity index (χ2v) is 6.78. The molecule has 1 fully saturated rings. The van der Waals surface area contributed by atoms with Gasteiger partial charge in [0.15, 0.2) is 0 Å². The van der Waals surface area contributed by atoms with E-state index in [1.165, 1.54) is 0 Å². The van der Waals surface area contributed by atoms with Gasteiger partial charge in [0, 0.05) is 13.0 Å². The molecule has 7 heteroatoms. The maximum absolute atomic E-state index is 12.1. The van der Waals surface area contributed by atoms with E-state index in [1.54, 1.807) is 4.90 Å². The quantitative estimate of drug-likeness (QED) is 0.809. The van der Waals surface area contributed by atoms with Crippen LogP contribution in [0.5, 0.6) is 0 Å². The lowest BCUT2D eigenvalue weighted by Gasteiger charge is -2.47. The van der Waals surface area contributed by atoms with Crippen LogP contribution in [0.4, 0.5) is 18.0 Å². The third-order valence-corrected chi connectivity index (χ3v) is 3.15. The number of morpholine rings is 1. The van der Waals surface area contributed by atoms with E-state index in [9.17, 15) is 18.0 Å². The second kappa shape index (κ2) is 6.42. The number of unbranched alkanes of at least 4 members (excludes halogenated alkanes) is 1. The van der Waals surface area contributed by atoms with E-state index in [1.807, 2.05) is 27.7 Å². The standard InChI is InChI=1S/C14H25F3N2O2/c1-12(2)9-19(10-13(3,4)21-12)11(20)18-8-6-5-7-14(15,16)17/h5-10H2,1-4H3,(H,18,20). The Morgan fingerprint density at radius 2 is 1.67 bits per heavy atom. The molecule has 21 heavy (non-hydrogen) atoms. The third-order valence-electron chi connectivity index (χ3n) is 3.15. The summed E-state index contributed by atoms with van der Waals surface area (Å²) in [5.74, 6) is 0. The van der Waals surface area contributed by atoms with Crippen molar-refractivity contribution in [2.24, 2.45) is 0 Å². The molecule has 1 rings (SSSR count). The van der Waals surface area contributed by atoms with Gasteiger partial charge < -0.3 is 15.0 Å². The Bertz CT molecular complexity index is 352. The molecular formula is C14H25F3N2O2. The van der Waals surface area contributed by atoms with Crippen molar-refractivity contribution >= 4 is 6.03 Å². The summed E-state index contributed by atoms with van der Waals surface area (Å²) in [5.41, 5.74) is -0.870. The normalized spacial score (nSPS) is 21.2. The zero-order valence-electron chi connectivity index (χ0n) is 13.1. The Balaban J connectivity index is 2.35. The van der Waals surface area contributed by atoms with Crippen molar-refractivity contribution < 1.29 is 22.7 Å². The van der Waals surface area contributed by atoms with Gasteiger partial charge in [-0.3, -0.25) is 0 Å². The minimum Gasteiger partial charge on any atom is -0.366 e. The number of hydrogen-bond acceptors (Lipinski definition) is 2. The number of nitrogens with zero attached hydrogens (tertiary/aromatic N) is 1. The van der Waals surface area contributed by atoms with Gasteiger partial charge >= 0.3 is 12.2 Å². The molecule has 2 amide bonds. The minimum atomic E-state index is -4.12. The molecule has 1 heterocycles. The monoisotopic (exact) mass is 310 g/mol. The molecule has 0 aliphatic carbocycles. The Labute approximate surface area is 124 Å². The van der Waals surface area contributed by atoms with Crippen LogP contribution in [-0.2, 0) is 4.74 Å². The predicted octanol–water partition coefficient (Wildman–Crippen LogP) is 3.32. The zero-order chi connectivity index (χ0) is 16.3. The Morgan fingerprint density at radius 1 is 1.14 bits per heavy atom. The highest BCUT2D eigenvalue weighted by Crippen LogP contribution is 2.28. The molecule has 0 atom stereocenters. The Kier molecular flexibility index (Phi) is 5.52. The summed E-state index contributed by atoms with van der Waals surface area (Å²) in [7, 11) is 0. The fraction of sp³-hybridized carbons (Fsp3) is 0.929. The molecule has 0 spiro atoms. The summed E-state index contributed by atoms with van der Waals surface area (Å²) in [4.78, 5) is 13.7. The van der Waals surface area contributed by atoms with Crippen LogP contribution < -0.4 is 5.32 Å². The van der Waals surface area contributed by atoms with Gasteiger partial charge in [-0.25, -0.2) is 4.79 Å². The average Bonchev–Trinajstić information content (AvgIpc) is 2.22. The lowest BCUT2D eigenvalue weighted by atomic mass is 9.99. The summed E-state index contributed by atoms with van der Waals surface area (Å²) in [5, 5.41) is 2.68. The summed E-state index contributed by atoms with van der Waals surface area (Å²) in [6.45, 7) is 8.84. The topological polar surface area (TPSA) is 41.6 Å². The van der Waals surface area contributed by atoms with Crippen LogP contribution in [0.15, 0.2) is 0 Å². The van der Waals surface area contributed by atoms with E-state index in [2.05, 4.69) is 5.32 Å². The number of rotatable bonds is 4. The van der Waals surface area contributed by atoms with Crippen molar-refractivity contribution in [3.63, 3.8) is 0 Å². The molecule has 0 aromatic rings. The number of hydrogen-bond donors (Lipinski definition) is 1. The molecule has 1 aliphatic rings. The van der Waals surface area contributed by atoms with Crippen molar-refractivity contribution in [2.75, 3.05) is 19.6 Å². The van der Waals surface area contributed by atoms with Gasteiger partial charge in [-0.2, -0.15) is 13.2 Å². The van der Waals surface area contributed by atoms with E-state index >= 15 is 0 Å². The highest BCUT2D eigenvalue weighted by atomic mass is 19.4. The molecule has 1 aliphatic heterocycles. The molecule has 1 N–H and O–H groups in total. The first kappa shape index (κ1) is 18.1. The molecule has 1 saturated heterocycles. The van der Waals surface area contributed by atoms with E-state index < -0.39 is 23.8 Å². The third kappa shape index (κ3) is 7.02. The predicted molar refractivity (Wildman–Crippen MR) is 74.1 cm³/mol. The molecule has 0 aromatic carbocycles. The number of halogens is 3. The number of ether oxygens (including phenoxy) is 1. The van der Waals surface area contributed by atoms with Gasteiger partial charge in [-0.1, -0.05) is 0 Å². The maximum Gasteiger partial charge on any atom is 0.389 e. The first-order valence-corrected chi connectivity index (χ1v) is 7.20. The zero-order valence-corrected chi connectivity index (χ0v) is 13.1. The van der Waals surface area contributed by atoms with Crippen LogP contribution in [0.3, 0.4) is 0 Å². The fourth-order valence-corrected chi connectivity index (χ4v) is 2.69. The van der Waals surface area contributed by atoms with Gasteiger partial charge in [-0.05, 0) is 40.5 Å². The molecule has 0 aromatic heterocycles.